The van der Waals surface area contributed by atoms with Gasteiger partial charge in [-0.3, -0.25) is 14.9 Å². The van der Waals surface area contributed by atoms with Crippen molar-refractivity contribution >= 4 is 39.1 Å². The fourth-order valence-electron chi connectivity index (χ4n) is 6.38. The number of halogens is 1. The van der Waals surface area contributed by atoms with Gasteiger partial charge < -0.3 is 4.90 Å². The molecule has 2 aromatic carbocycles. The molecular weight excluding hydrogens is 518 g/mol. The molecule has 0 N–H and O–H groups in total. The summed E-state index contributed by atoms with van der Waals surface area (Å²) in [6.45, 7) is 5.52. The van der Waals surface area contributed by atoms with Gasteiger partial charge in [0.25, 0.3) is 0 Å². The van der Waals surface area contributed by atoms with E-state index in [0.717, 1.165) is 86.2 Å². The molecule has 4 heterocycles. The molecule has 204 valence electrons. The SMILES string of the molecule is Clc1ccc2c(-n3cc(CCCCN4CCN(c5c6c(nc7ccccc57)CCCC6)CC4)nn3)ccnc2c1. The molecular formula is C32H34ClN7. The minimum Gasteiger partial charge on any atom is -0.368 e. The number of aromatic nitrogens is 5. The fourth-order valence-corrected chi connectivity index (χ4v) is 6.55. The van der Waals surface area contributed by atoms with Crippen molar-refractivity contribution in [2.45, 2.75) is 44.9 Å². The van der Waals surface area contributed by atoms with Crippen LogP contribution in [0.25, 0.3) is 27.5 Å². The second-order valence-corrected chi connectivity index (χ2v) is 11.5. The van der Waals surface area contributed by atoms with Crippen LogP contribution in [0.3, 0.4) is 0 Å². The maximum absolute atomic E-state index is 6.15. The number of hydrogen-bond acceptors (Lipinski definition) is 6. The number of hydrogen-bond donors (Lipinski definition) is 0. The van der Waals surface area contributed by atoms with Crippen LogP contribution in [0.2, 0.25) is 5.02 Å². The van der Waals surface area contributed by atoms with Crippen molar-refractivity contribution in [3.63, 3.8) is 0 Å². The van der Waals surface area contributed by atoms with Gasteiger partial charge in [0, 0.05) is 53.9 Å². The first-order valence-corrected chi connectivity index (χ1v) is 14.9. The summed E-state index contributed by atoms with van der Waals surface area (Å²) in [5.74, 6) is 0. The van der Waals surface area contributed by atoms with Crippen LogP contribution in [0.1, 0.15) is 42.6 Å². The van der Waals surface area contributed by atoms with E-state index in [0.29, 0.717) is 5.02 Å². The average Bonchev–Trinajstić information content (AvgIpc) is 3.47. The largest absolute Gasteiger partial charge is 0.368 e. The van der Waals surface area contributed by atoms with Crippen LogP contribution in [-0.4, -0.2) is 62.6 Å². The number of benzene rings is 2. The third kappa shape index (κ3) is 5.04. The highest BCUT2D eigenvalue weighted by Gasteiger charge is 2.25. The van der Waals surface area contributed by atoms with Gasteiger partial charge in [-0.1, -0.05) is 35.0 Å². The Bertz CT molecular complexity index is 1650. The molecule has 1 fully saturated rings. The monoisotopic (exact) mass is 551 g/mol. The molecule has 0 radical (unpaired) electrons. The Morgan fingerprint density at radius 2 is 1.73 bits per heavy atom. The van der Waals surface area contributed by atoms with E-state index in [1.165, 1.54) is 41.6 Å². The molecule has 0 saturated carbocycles. The summed E-state index contributed by atoms with van der Waals surface area (Å²) in [5.41, 5.74) is 8.32. The molecule has 1 saturated heterocycles. The summed E-state index contributed by atoms with van der Waals surface area (Å²) in [6, 6.07) is 16.5. The van der Waals surface area contributed by atoms with Crippen molar-refractivity contribution < 1.29 is 0 Å². The Balaban J connectivity index is 0.944. The third-order valence-electron chi connectivity index (χ3n) is 8.45. The summed E-state index contributed by atoms with van der Waals surface area (Å²) < 4.78 is 1.86. The molecule has 8 heteroatoms. The van der Waals surface area contributed by atoms with Crippen molar-refractivity contribution in [2.24, 2.45) is 0 Å². The minimum atomic E-state index is 0.683. The van der Waals surface area contributed by atoms with Crippen LogP contribution in [0.15, 0.2) is 60.9 Å². The number of nitrogens with zero attached hydrogens (tertiary/aromatic N) is 7. The van der Waals surface area contributed by atoms with E-state index in [-0.39, 0.29) is 0 Å². The lowest BCUT2D eigenvalue weighted by Crippen LogP contribution is -2.47. The number of unbranched alkanes of at least 4 members (excludes halogenated alkanes) is 1. The van der Waals surface area contributed by atoms with Crippen LogP contribution in [0.5, 0.6) is 0 Å². The minimum absolute atomic E-state index is 0.683. The van der Waals surface area contributed by atoms with Crippen molar-refractivity contribution in [1.29, 1.82) is 0 Å². The predicted octanol–water partition coefficient (Wildman–Crippen LogP) is 6.04. The van der Waals surface area contributed by atoms with Gasteiger partial charge in [0.2, 0.25) is 0 Å². The third-order valence-corrected chi connectivity index (χ3v) is 8.69. The van der Waals surface area contributed by atoms with E-state index in [4.69, 9.17) is 16.6 Å². The first-order valence-electron chi connectivity index (χ1n) is 14.6. The average molecular weight is 552 g/mol. The molecule has 1 aliphatic heterocycles. The summed E-state index contributed by atoms with van der Waals surface area (Å²) in [4.78, 5) is 14.7. The normalized spacial score (nSPS) is 16.1. The highest BCUT2D eigenvalue weighted by molar-refractivity contribution is 6.31. The van der Waals surface area contributed by atoms with E-state index >= 15 is 0 Å². The topological polar surface area (TPSA) is 63.0 Å². The number of rotatable bonds is 7. The Kier molecular flexibility index (Phi) is 7.08. The van der Waals surface area contributed by atoms with Gasteiger partial charge in [-0.25, -0.2) is 4.68 Å². The molecule has 3 aromatic heterocycles. The molecule has 2 aliphatic rings. The Morgan fingerprint density at radius 3 is 2.65 bits per heavy atom. The molecule has 1 aliphatic carbocycles. The fraction of sp³-hybridized carbons (Fsp3) is 0.375. The molecule has 0 bridgehead atoms. The van der Waals surface area contributed by atoms with Crippen LogP contribution in [0, 0.1) is 0 Å². The van der Waals surface area contributed by atoms with Gasteiger partial charge in [0.15, 0.2) is 0 Å². The first-order chi connectivity index (χ1) is 19.7. The first kappa shape index (κ1) is 25.4. The molecule has 0 spiro atoms. The molecule has 0 atom stereocenters. The number of aryl methyl sites for hydroxylation is 2. The lowest BCUT2D eigenvalue weighted by Gasteiger charge is -2.38. The molecule has 5 aromatic rings. The standard InChI is InChI=1S/C32H34ClN7/c33-23-12-13-25-30(21-23)34-15-14-31(25)40-22-24(36-37-40)7-5-6-16-38-17-19-39(20-18-38)32-26-8-1-3-10-28(26)35-29-11-4-2-9-27(29)32/h1,3,8,10,12-15,21-22H,2,4-7,9,11,16-20H2. The van der Waals surface area contributed by atoms with Gasteiger partial charge in [0.1, 0.15) is 0 Å². The second kappa shape index (κ2) is 11.1. The van der Waals surface area contributed by atoms with Gasteiger partial charge in [0.05, 0.1) is 34.3 Å². The Hall–Kier alpha value is -3.55. The lowest BCUT2D eigenvalue weighted by molar-refractivity contribution is 0.253. The zero-order chi connectivity index (χ0) is 26.9. The predicted molar refractivity (Wildman–Crippen MR) is 162 cm³/mol. The van der Waals surface area contributed by atoms with E-state index in [9.17, 15) is 0 Å². The van der Waals surface area contributed by atoms with E-state index in [2.05, 4.69) is 49.4 Å². The summed E-state index contributed by atoms with van der Waals surface area (Å²) in [5, 5.41) is 11.9. The van der Waals surface area contributed by atoms with E-state index in [1.54, 1.807) is 6.20 Å². The smallest absolute Gasteiger partial charge is 0.0831 e. The van der Waals surface area contributed by atoms with Crippen LogP contribution in [0.4, 0.5) is 5.69 Å². The highest BCUT2D eigenvalue weighted by Crippen LogP contribution is 2.36. The van der Waals surface area contributed by atoms with Gasteiger partial charge in [-0.15, -0.1) is 5.10 Å². The Morgan fingerprint density at radius 1 is 0.850 bits per heavy atom. The van der Waals surface area contributed by atoms with Crippen LogP contribution >= 0.6 is 11.6 Å². The van der Waals surface area contributed by atoms with Crippen molar-refractivity contribution in [2.75, 3.05) is 37.6 Å². The quantitative estimate of drug-likeness (QED) is 0.230. The van der Waals surface area contributed by atoms with E-state index in [1.807, 2.05) is 35.1 Å². The summed E-state index contributed by atoms with van der Waals surface area (Å²) >= 11 is 6.15. The summed E-state index contributed by atoms with van der Waals surface area (Å²) in [6.07, 6.45) is 11.9. The van der Waals surface area contributed by atoms with Crippen LogP contribution in [-0.2, 0) is 19.3 Å². The van der Waals surface area contributed by atoms with Crippen molar-refractivity contribution in [3.05, 3.63) is 82.9 Å². The molecule has 7 nitrogen and oxygen atoms in total. The molecule has 0 amide bonds. The molecule has 40 heavy (non-hydrogen) atoms. The van der Waals surface area contributed by atoms with Crippen LogP contribution < -0.4 is 4.90 Å². The van der Waals surface area contributed by atoms with Gasteiger partial charge in [-0.2, -0.15) is 0 Å². The maximum atomic E-state index is 6.15. The number of anilines is 1. The van der Waals surface area contributed by atoms with Crippen molar-refractivity contribution in [1.82, 2.24) is 29.9 Å². The maximum Gasteiger partial charge on any atom is 0.0831 e. The zero-order valence-electron chi connectivity index (χ0n) is 22.8. The zero-order valence-corrected chi connectivity index (χ0v) is 23.5. The highest BCUT2D eigenvalue weighted by atomic mass is 35.5. The van der Waals surface area contributed by atoms with Gasteiger partial charge >= 0.3 is 0 Å². The Labute approximate surface area is 239 Å². The number of para-hydroxylation sites is 1. The number of fused-ring (bicyclic) bond motifs is 3. The number of pyridine rings is 2. The lowest BCUT2D eigenvalue weighted by atomic mass is 9.92. The molecule has 0 unspecified atom stereocenters. The summed E-state index contributed by atoms with van der Waals surface area (Å²) in [7, 11) is 0. The molecule has 7 rings (SSSR count). The van der Waals surface area contributed by atoms with E-state index < -0.39 is 0 Å². The second-order valence-electron chi connectivity index (χ2n) is 11.0. The van der Waals surface area contributed by atoms with Gasteiger partial charge in [-0.05, 0) is 87.4 Å². The number of piperazine rings is 1. The van der Waals surface area contributed by atoms with Crippen molar-refractivity contribution in [3.8, 4) is 5.69 Å².